The minimum Gasteiger partial charge on any atom is -0.481 e. The number of anilines is 1. The Bertz CT molecular complexity index is 1690. The lowest BCUT2D eigenvalue weighted by atomic mass is 9.84. The van der Waals surface area contributed by atoms with E-state index < -0.39 is 33.8 Å². The number of hydrogen-bond acceptors (Lipinski definition) is 7. The molecule has 3 heterocycles. The van der Waals surface area contributed by atoms with Crippen molar-refractivity contribution in [1.82, 2.24) is 18.9 Å². The maximum Gasteiger partial charge on any atom is 0.308 e. The fourth-order valence-electron chi connectivity index (χ4n) is 5.85. The van der Waals surface area contributed by atoms with E-state index in [9.17, 15) is 22.7 Å². The first-order valence-corrected chi connectivity index (χ1v) is 14.0. The van der Waals surface area contributed by atoms with Crippen molar-refractivity contribution in [1.29, 1.82) is 0 Å². The van der Waals surface area contributed by atoms with E-state index in [0.29, 0.717) is 5.39 Å². The number of carboxylic acids is 1. The number of pyridine rings is 1. The summed E-state index contributed by atoms with van der Waals surface area (Å²) in [6.07, 6.45) is 6.18. The summed E-state index contributed by atoms with van der Waals surface area (Å²) in [7, 11) is -4.04. The topological polar surface area (TPSA) is 127 Å². The monoisotopic (exact) mass is 555 g/mol. The van der Waals surface area contributed by atoms with Gasteiger partial charge in [0.2, 0.25) is 0 Å². The molecule has 2 aliphatic carbocycles. The van der Waals surface area contributed by atoms with E-state index in [0.717, 1.165) is 35.0 Å². The molecule has 9 nitrogen and oxygen atoms in total. The van der Waals surface area contributed by atoms with Gasteiger partial charge in [-0.15, -0.1) is 0 Å². The zero-order chi connectivity index (χ0) is 26.8. The number of aliphatic carboxylic acids is 1. The second kappa shape index (κ2) is 9.02. The van der Waals surface area contributed by atoms with Crippen LogP contribution in [0, 0.1) is 30.5 Å². The second-order valence-electron chi connectivity index (χ2n) is 9.94. The normalized spacial score (nSPS) is 22.7. The lowest BCUT2D eigenvalue weighted by Gasteiger charge is -2.29. The molecular weight excluding hydrogens is 533 g/mol. The third kappa shape index (κ3) is 4.01. The maximum absolute atomic E-state index is 14.9. The van der Waals surface area contributed by atoms with Gasteiger partial charge in [-0.1, -0.05) is 29.3 Å². The quantitative estimate of drug-likeness (QED) is 0.349. The smallest absolute Gasteiger partial charge is 0.308 e. The zero-order valence-corrected chi connectivity index (χ0v) is 21.7. The number of aryl methyl sites for hydroxylation is 1. The third-order valence-electron chi connectivity index (χ3n) is 7.65. The van der Waals surface area contributed by atoms with Crippen LogP contribution in [0.4, 0.5) is 10.2 Å². The van der Waals surface area contributed by atoms with Gasteiger partial charge in [-0.05, 0) is 56.2 Å². The van der Waals surface area contributed by atoms with Gasteiger partial charge in [0, 0.05) is 29.4 Å². The molecule has 0 spiro atoms. The Labute approximate surface area is 222 Å². The number of rotatable bonds is 6. The first-order valence-electron chi connectivity index (χ1n) is 12.1. The maximum atomic E-state index is 14.9. The van der Waals surface area contributed by atoms with E-state index in [1.807, 2.05) is 6.92 Å². The number of hydrogen-bond donors (Lipinski definition) is 2. The highest BCUT2D eigenvalue weighted by molar-refractivity contribution is 7.90. The summed E-state index contributed by atoms with van der Waals surface area (Å²) >= 11 is 6.20. The van der Waals surface area contributed by atoms with Gasteiger partial charge >= 0.3 is 5.97 Å². The Kier molecular flexibility index (Phi) is 5.88. The van der Waals surface area contributed by atoms with Crippen LogP contribution < -0.4 is 5.32 Å². The number of fused-ring (bicyclic) bond motifs is 3. The van der Waals surface area contributed by atoms with Gasteiger partial charge in [-0.2, -0.15) is 0 Å². The molecule has 2 bridgehead atoms. The zero-order valence-electron chi connectivity index (χ0n) is 20.2. The number of carboxylic acid groups (broad SMARTS) is 1. The van der Waals surface area contributed by atoms with Gasteiger partial charge in [0.05, 0.1) is 22.0 Å². The molecule has 1 unspecified atom stereocenters. The van der Waals surface area contributed by atoms with Crippen LogP contribution in [-0.2, 0) is 14.8 Å². The predicted molar refractivity (Wildman–Crippen MR) is 139 cm³/mol. The second-order valence-corrected chi connectivity index (χ2v) is 12.2. The summed E-state index contributed by atoms with van der Waals surface area (Å²) in [6.45, 7) is 1.86. The molecule has 2 fully saturated rings. The molecule has 1 aromatic carbocycles. The predicted octanol–water partition coefficient (Wildman–Crippen LogP) is 4.74. The van der Waals surface area contributed by atoms with Crippen molar-refractivity contribution in [2.45, 2.75) is 37.1 Å². The average molecular weight is 556 g/mol. The molecule has 2 N–H and O–H groups in total. The lowest BCUT2D eigenvalue weighted by molar-refractivity contribution is -0.143. The van der Waals surface area contributed by atoms with Gasteiger partial charge in [0.1, 0.15) is 0 Å². The molecule has 0 amide bonds. The van der Waals surface area contributed by atoms with Crippen molar-refractivity contribution < 1.29 is 22.7 Å². The molecule has 2 aliphatic rings. The molecule has 12 heteroatoms. The Hall–Kier alpha value is -3.57. The Balaban J connectivity index is 1.44. The van der Waals surface area contributed by atoms with E-state index in [1.165, 1.54) is 24.5 Å². The van der Waals surface area contributed by atoms with Crippen LogP contribution >= 0.6 is 11.6 Å². The van der Waals surface area contributed by atoms with Crippen molar-refractivity contribution in [2.75, 3.05) is 5.32 Å². The number of carbonyl (C=O) groups is 1. The fourth-order valence-corrected chi connectivity index (χ4v) is 7.33. The van der Waals surface area contributed by atoms with Crippen LogP contribution in [0.25, 0.3) is 22.4 Å². The first kappa shape index (κ1) is 24.7. The highest BCUT2D eigenvalue weighted by Gasteiger charge is 2.51. The molecule has 196 valence electrons. The molecule has 0 saturated heterocycles. The number of halogens is 2. The van der Waals surface area contributed by atoms with Crippen molar-refractivity contribution >= 4 is 44.4 Å². The van der Waals surface area contributed by atoms with Crippen LogP contribution in [0.5, 0.6) is 0 Å². The summed E-state index contributed by atoms with van der Waals surface area (Å²) in [4.78, 5) is 24.8. The first-order chi connectivity index (χ1) is 18.1. The summed E-state index contributed by atoms with van der Waals surface area (Å²) in [5, 5.41) is 13.5. The summed E-state index contributed by atoms with van der Waals surface area (Å²) in [6, 6.07) is 7.52. The number of aromatic nitrogens is 4. The largest absolute Gasteiger partial charge is 0.481 e. The number of nitrogens with zero attached hydrogens (tertiary/aromatic N) is 4. The van der Waals surface area contributed by atoms with Crippen LogP contribution in [0.2, 0.25) is 5.02 Å². The van der Waals surface area contributed by atoms with E-state index in [-0.39, 0.29) is 44.6 Å². The van der Waals surface area contributed by atoms with Gasteiger partial charge in [-0.25, -0.2) is 31.7 Å². The van der Waals surface area contributed by atoms with E-state index >= 15 is 0 Å². The molecule has 38 heavy (non-hydrogen) atoms. The van der Waals surface area contributed by atoms with Crippen LogP contribution in [0.3, 0.4) is 0 Å². The summed E-state index contributed by atoms with van der Waals surface area (Å²) < 4.78 is 43.0. The molecule has 2 saturated carbocycles. The van der Waals surface area contributed by atoms with Gasteiger partial charge in [0.25, 0.3) is 10.0 Å². The van der Waals surface area contributed by atoms with E-state index in [2.05, 4.69) is 20.3 Å². The molecule has 0 radical (unpaired) electrons. The SMILES string of the molecule is Cc1ccc(S(=O)(=O)n2cc(-c3ncc(F)c(N[C@@H]4C(C(=O)O)[C@@H]5CC[C@H]4C5)n3)c3cc(Cl)cnc32)cc1. The molecule has 4 atom stereocenters. The number of benzene rings is 1. The lowest BCUT2D eigenvalue weighted by Crippen LogP contribution is -2.39. The minimum absolute atomic E-state index is 0.0517. The molecule has 3 aromatic heterocycles. The Morgan fingerprint density at radius 2 is 1.89 bits per heavy atom. The van der Waals surface area contributed by atoms with E-state index in [4.69, 9.17) is 11.6 Å². The van der Waals surface area contributed by atoms with Crippen molar-refractivity contribution in [3.8, 4) is 11.4 Å². The van der Waals surface area contributed by atoms with Crippen LogP contribution in [-0.4, -0.2) is 44.5 Å². The van der Waals surface area contributed by atoms with Crippen molar-refractivity contribution in [2.24, 2.45) is 17.8 Å². The fraction of sp³-hybridized carbons (Fsp3) is 0.308. The van der Waals surface area contributed by atoms with Crippen LogP contribution in [0.15, 0.2) is 53.8 Å². The van der Waals surface area contributed by atoms with Crippen LogP contribution in [0.1, 0.15) is 24.8 Å². The Morgan fingerprint density at radius 3 is 2.63 bits per heavy atom. The van der Waals surface area contributed by atoms with Gasteiger partial charge in [0.15, 0.2) is 23.1 Å². The number of nitrogens with one attached hydrogen (secondary N) is 1. The van der Waals surface area contributed by atoms with Gasteiger partial charge in [-0.3, -0.25) is 4.79 Å². The van der Waals surface area contributed by atoms with Crippen molar-refractivity contribution in [3.05, 3.63) is 65.3 Å². The third-order valence-corrected chi connectivity index (χ3v) is 9.52. The van der Waals surface area contributed by atoms with Crippen molar-refractivity contribution in [3.63, 3.8) is 0 Å². The molecule has 6 rings (SSSR count). The molecule has 4 aromatic rings. The molecule has 0 aliphatic heterocycles. The van der Waals surface area contributed by atoms with E-state index in [1.54, 1.807) is 18.2 Å². The van der Waals surface area contributed by atoms with Gasteiger partial charge < -0.3 is 10.4 Å². The average Bonchev–Trinajstić information content (AvgIpc) is 3.59. The summed E-state index contributed by atoms with van der Waals surface area (Å²) in [5.41, 5.74) is 1.31. The standard InChI is InChI=1S/C26H23ClFN5O4S/c1-13-2-6-17(7-3-13)38(36,37)33-12-19(18-9-16(27)10-30-25(18)33)23-29-11-20(28)24(32-23)31-22-15-5-4-14(8-15)21(22)26(34)35/h2-3,6-7,9-12,14-15,21-22H,4-5,8H2,1H3,(H,34,35)(H,29,31,32)/t14-,15+,21?,22+/m1/s1. The summed E-state index contributed by atoms with van der Waals surface area (Å²) in [5.74, 6) is -2.17. The minimum atomic E-state index is -4.04. The highest BCUT2D eigenvalue weighted by Crippen LogP contribution is 2.49. The highest BCUT2D eigenvalue weighted by atomic mass is 35.5. The Morgan fingerprint density at radius 1 is 1.16 bits per heavy atom. The molecular formula is C26H23ClFN5O4S.